The number of rotatable bonds is 5. The SMILES string of the molecule is CN(Cc1ccccc1C#N)C(=O)c1scc(C#N)c1/N=C/N1CCCCC1. The number of amides is 1. The van der Waals surface area contributed by atoms with Crippen LogP contribution in [0.1, 0.15) is 45.6 Å². The van der Waals surface area contributed by atoms with E-state index in [1.807, 2.05) is 12.1 Å². The van der Waals surface area contributed by atoms with Crippen LogP contribution in [-0.4, -0.2) is 42.2 Å². The van der Waals surface area contributed by atoms with E-state index in [-0.39, 0.29) is 5.91 Å². The molecule has 0 radical (unpaired) electrons. The van der Waals surface area contributed by atoms with Gasteiger partial charge in [-0.1, -0.05) is 18.2 Å². The minimum absolute atomic E-state index is 0.204. The molecule has 1 fully saturated rings. The summed E-state index contributed by atoms with van der Waals surface area (Å²) in [7, 11) is 1.69. The molecule has 0 bridgehead atoms. The van der Waals surface area contributed by atoms with Crippen molar-refractivity contribution in [3.63, 3.8) is 0 Å². The number of carbonyl (C=O) groups excluding carboxylic acids is 1. The molecule has 0 unspecified atom stereocenters. The summed E-state index contributed by atoms with van der Waals surface area (Å²) in [5.74, 6) is -0.204. The molecule has 7 heteroatoms. The van der Waals surface area contributed by atoms with E-state index in [0.717, 1.165) is 31.5 Å². The zero-order valence-corrected chi connectivity index (χ0v) is 16.6. The maximum Gasteiger partial charge on any atom is 0.266 e. The van der Waals surface area contributed by atoms with Gasteiger partial charge in [0.05, 0.1) is 23.5 Å². The maximum absolute atomic E-state index is 13.0. The first kappa shape index (κ1) is 19.6. The van der Waals surface area contributed by atoms with E-state index in [0.29, 0.717) is 28.2 Å². The maximum atomic E-state index is 13.0. The van der Waals surface area contributed by atoms with Crippen molar-refractivity contribution in [3.05, 3.63) is 51.2 Å². The molecule has 1 saturated heterocycles. The molecule has 1 aromatic carbocycles. The smallest absolute Gasteiger partial charge is 0.266 e. The van der Waals surface area contributed by atoms with Crippen molar-refractivity contribution in [1.82, 2.24) is 9.80 Å². The minimum Gasteiger partial charge on any atom is -0.363 e. The lowest BCUT2D eigenvalue weighted by atomic mass is 10.1. The van der Waals surface area contributed by atoms with Crippen molar-refractivity contribution in [1.29, 1.82) is 10.5 Å². The lowest BCUT2D eigenvalue weighted by Crippen LogP contribution is -2.28. The zero-order chi connectivity index (χ0) is 19.9. The topological polar surface area (TPSA) is 83.5 Å². The molecule has 1 aromatic heterocycles. The van der Waals surface area contributed by atoms with Gasteiger partial charge in [0.1, 0.15) is 16.6 Å². The van der Waals surface area contributed by atoms with Crippen molar-refractivity contribution in [2.24, 2.45) is 4.99 Å². The van der Waals surface area contributed by atoms with Crippen LogP contribution < -0.4 is 0 Å². The fourth-order valence-electron chi connectivity index (χ4n) is 3.15. The Morgan fingerprint density at radius 1 is 1.21 bits per heavy atom. The number of hydrogen-bond acceptors (Lipinski definition) is 5. The van der Waals surface area contributed by atoms with Gasteiger partial charge in [-0.15, -0.1) is 11.3 Å². The Bertz CT molecular complexity index is 960. The highest BCUT2D eigenvalue weighted by Crippen LogP contribution is 2.32. The van der Waals surface area contributed by atoms with E-state index in [1.165, 1.54) is 17.8 Å². The summed E-state index contributed by atoms with van der Waals surface area (Å²) in [4.78, 5) is 21.6. The Hall–Kier alpha value is -3.16. The summed E-state index contributed by atoms with van der Waals surface area (Å²) in [5, 5.41) is 20.3. The van der Waals surface area contributed by atoms with Gasteiger partial charge >= 0.3 is 0 Å². The van der Waals surface area contributed by atoms with Gasteiger partial charge in [0.15, 0.2) is 0 Å². The fourth-order valence-corrected chi connectivity index (χ4v) is 4.08. The molecule has 6 nitrogen and oxygen atoms in total. The minimum atomic E-state index is -0.204. The van der Waals surface area contributed by atoms with E-state index >= 15 is 0 Å². The molecule has 2 heterocycles. The summed E-state index contributed by atoms with van der Waals surface area (Å²) in [6, 6.07) is 11.5. The first-order valence-corrected chi connectivity index (χ1v) is 10.0. The second-order valence-electron chi connectivity index (χ2n) is 6.71. The van der Waals surface area contributed by atoms with Gasteiger partial charge in [-0.25, -0.2) is 4.99 Å². The monoisotopic (exact) mass is 391 g/mol. The van der Waals surface area contributed by atoms with Crippen molar-refractivity contribution in [3.8, 4) is 12.1 Å². The fraction of sp³-hybridized carbons (Fsp3) is 0.333. The molecule has 1 aliphatic heterocycles. The van der Waals surface area contributed by atoms with E-state index in [9.17, 15) is 15.3 Å². The second kappa shape index (κ2) is 9.16. The molecule has 28 heavy (non-hydrogen) atoms. The average Bonchev–Trinajstić information content (AvgIpc) is 3.15. The number of piperidine rings is 1. The Balaban J connectivity index is 1.81. The number of nitrogens with zero attached hydrogens (tertiary/aromatic N) is 5. The number of carbonyl (C=O) groups is 1. The molecule has 0 atom stereocenters. The van der Waals surface area contributed by atoms with Crippen molar-refractivity contribution in [2.75, 3.05) is 20.1 Å². The molecule has 0 saturated carbocycles. The van der Waals surface area contributed by atoms with Gasteiger partial charge in [-0.05, 0) is 30.9 Å². The van der Waals surface area contributed by atoms with Crippen LogP contribution in [0.2, 0.25) is 0 Å². The van der Waals surface area contributed by atoms with E-state index in [2.05, 4.69) is 22.0 Å². The predicted molar refractivity (Wildman–Crippen MR) is 110 cm³/mol. The molecule has 0 N–H and O–H groups in total. The van der Waals surface area contributed by atoms with Gasteiger partial charge in [0.25, 0.3) is 5.91 Å². The first-order valence-electron chi connectivity index (χ1n) is 9.17. The largest absolute Gasteiger partial charge is 0.363 e. The summed E-state index contributed by atoms with van der Waals surface area (Å²) in [6.07, 6.45) is 5.25. The van der Waals surface area contributed by atoms with E-state index in [4.69, 9.17) is 0 Å². The number of likely N-dealkylation sites (tertiary alicyclic amines) is 1. The van der Waals surface area contributed by atoms with Crippen molar-refractivity contribution in [2.45, 2.75) is 25.8 Å². The lowest BCUT2D eigenvalue weighted by molar-refractivity contribution is 0.0790. The zero-order valence-electron chi connectivity index (χ0n) is 15.8. The van der Waals surface area contributed by atoms with Crippen LogP contribution in [-0.2, 0) is 6.54 Å². The molecule has 1 amide bonds. The molecule has 142 valence electrons. The molecular formula is C21H21N5OS. The first-order chi connectivity index (χ1) is 13.6. The van der Waals surface area contributed by atoms with Crippen LogP contribution in [0.4, 0.5) is 5.69 Å². The van der Waals surface area contributed by atoms with Crippen LogP contribution in [0.3, 0.4) is 0 Å². The van der Waals surface area contributed by atoms with Crippen LogP contribution in [0.5, 0.6) is 0 Å². The van der Waals surface area contributed by atoms with Gasteiger partial charge < -0.3 is 9.80 Å². The molecule has 3 rings (SSSR count). The van der Waals surface area contributed by atoms with Gasteiger partial charge in [0, 0.05) is 32.1 Å². The normalized spacial score (nSPS) is 13.9. The number of thiophene rings is 1. The number of benzene rings is 1. The molecular weight excluding hydrogens is 370 g/mol. The summed E-state index contributed by atoms with van der Waals surface area (Å²) in [6.45, 7) is 2.21. The standard InChI is InChI=1S/C21H21N5OS/c1-25(13-17-8-4-3-7-16(17)11-22)21(27)20-19(18(12-23)14-28-20)24-15-26-9-5-2-6-10-26/h3-4,7-8,14-15H,2,5-6,9-10,13H2,1H3/b24-15+. The third-order valence-corrected chi connectivity index (χ3v) is 5.67. The van der Waals surface area contributed by atoms with Crippen LogP contribution in [0, 0.1) is 22.7 Å². The van der Waals surface area contributed by atoms with E-state index < -0.39 is 0 Å². The predicted octanol–water partition coefficient (Wildman–Crippen LogP) is 3.91. The Kier molecular flexibility index (Phi) is 6.41. The number of hydrogen-bond donors (Lipinski definition) is 0. The van der Waals surface area contributed by atoms with Gasteiger partial charge in [0.2, 0.25) is 0 Å². The molecule has 0 aliphatic carbocycles. The Labute approximate surface area is 168 Å². The number of aliphatic imine (C=N–C) groups is 1. The summed E-state index contributed by atoms with van der Waals surface area (Å²) in [5.41, 5.74) is 2.18. The van der Waals surface area contributed by atoms with Crippen molar-refractivity contribution >= 4 is 29.3 Å². The molecule has 1 aliphatic rings. The van der Waals surface area contributed by atoms with Gasteiger partial charge in [-0.2, -0.15) is 10.5 Å². The third-order valence-electron chi connectivity index (χ3n) is 4.71. The highest BCUT2D eigenvalue weighted by Gasteiger charge is 2.22. The quantitative estimate of drug-likeness (QED) is 0.571. The number of nitriles is 2. The molecule has 2 aromatic rings. The van der Waals surface area contributed by atoms with Crippen LogP contribution >= 0.6 is 11.3 Å². The highest BCUT2D eigenvalue weighted by molar-refractivity contribution is 7.13. The van der Waals surface area contributed by atoms with Crippen LogP contribution in [0.25, 0.3) is 0 Å². The van der Waals surface area contributed by atoms with Gasteiger partial charge in [-0.3, -0.25) is 4.79 Å². The third kappa shape index (κ3) is 4.39. The Morgan fingerprint density at radius 2 is 1.93 bits per heavy atom. The average molecular weight is 392 g/mol. The molecule has 0 spiro atoms. The van der Waals surface area contributed by atoms with Crippen LogP contribution in [0.15, 0.2) is 34.6 Å². The second-order valence-corrected chi connectivity index (χ2v) is 7.59. The lowest BCUT2D eigenvalue weighted by Gasteiger charge is -2.23. The summed E-state index contributed by atoms with van der Waals surface area (Å²) < 4.78 is 0. The highest BCUT2D eigenvalue weighted by atomic mass is 32.1. The Morgan fingerprint density at radius 3 is 2.64 bits per heavy atom. The summed E-state index contributed by atoms with van der Waals surface area (Å²) >= 11 is 1.23. The van der Waals surface area contributed by atoms with Crippen molar-refractivity contribution < 1.29 is 4.79 Å². The van der Waals surface area contributed by atoms with E-state index in [1.54, 1.807) is 35.8 Å².